The van der Waals surface area contributed by atoms with E-state index in [1.807, 2.05) is 0 Å². The molecule has 0 saturated heterocycles. The zero-order valence-electron chi connectivity index (χ0n) is 10.4. The summed E-state index contributed by atoms with van der Waals surface area (Å²) in [7, 11) is 1.76. The minimum absolute atomic E-state index is 0.662. The molecule has 0 aliphatic heterocycles. The minimum atomic E-state index is 0.662. The Balaban J connectivity index is 2.24. The molecule has 0 N–H and O–H groups in total. The van der Waals surface area contributed by atoms with Crippen molar-refractivity contribution >= 4 is 0 Å². The van der Waals surface area contributed by atoms with Crippen molar-refractivity contribution in [2.24, 2.45) is 11.8 Å². The first-order chi connectivity index (χ1) is 7.78. The first kappa shape index (κ1) is 11.5. The Morgan fingerprint density at radius 3 is 2.94 bits per heavy atom. The Morgan fingerprint density at radius 1 is 1.25 bits per heavy atom. The Kier molecular flexibility index (Phi) is 3.87. The fraction of sp³-hybridized carbons (Fsp3) is 0.600. The highest BCUT2D eigenvalue weighted by Crippen LogP contribution is 2.30. The lowest BCUT2D eigenvalue weighted by atomic mass is 9.85. The molecule has 2 atom stereocenters. The third-order valence-electron chi connectivity index (χ3n) is 3.64. The minimum Gasteiger partial charge on any atom is -0.497 e. The molecule has 16 heavy (non-hydrogen) atoms. The largest absolute Gasteiger partial charge is 0.497 e. The second-order valence-corrected chi connectivity index (χ2v) is 5.06. The van der Waals surface area contributed by atoms with Crippen LogP contribution in [0.15, 0.2) is 35.6 Å². The fourth-order valence-corrected chi connectivity index (χ4v) is 2.58. The third kappa shape index (κ3) is 3.01. The molecule has 1 nitrogen and oxygen atoms in total. The summed E-state index contributed by atoms with van der Waals surface area (Å²) in [4.78, 5) is 0. The van der Waals surface area contributed by atoms with Gasteiger partial charge in [-0.25, -0.2) is 0 Å². The van der Waals surface area contributed by atoms with E-state index in [1.54, 1.807) is 7.11 Å². The van der Waals surface area contributed by atoms with Gasteiger partial charge in [0.15, 0.2) is 0 Å². The van der Waals surface area contributed by atoms with E-state index in [9.17, 15) is 0 Å². The number of methoxy groups -OCH3 is 1. The van der Waals surface area contributed by atoms with Crippen LogP contribution in [0.3, 0.4) is 0 Å². The molecule has 2 aliphatic rings. The zero-order chi connectivity index (χ0) is 11.4. The molecule has 0 aromatic carbocycles. The Labute approximate surface area is 98.9 Å². The van der Waals surface area contributed by atoms with Crippen LogP contribution in [-0.4, -0.2) is 7.11 Å². The van der Waals surface area contributed by atoms with Gasteiger partial charge in [0.25, 0.3) is 0 Å². The Hall–Kier alpha value is -0.980. The van der Waals surface area contributed by atoms with Crippen LogP contribution in [0, 0.1) is 11.8 Å². The topological polar surface area (TPSA) is 9.23 Å². The van der Waals surface area contributed by atoms with Crippen molar-refractivity contribution < 1.29 is 4.74 Å². The molecule has 0 spiro atoms. The van der Waals surface area contributed by atoms with Crippen molar-refractivity contribution in [2.45, 2.75) is 39.0 Å². The van der Waals surface area contributed by atoms with Crippen LogP contribution in [0.2, 0.25) is 0 Å². The molecule has 0 fully saturated rings. The highest BCUT2D eigenvalue weighted by Gasteiger charge is 2.14. The maximum absolute atomic E-state index is 5.40. The van der Waals surface area contributed by atoms with Crippen LogP contribution in [0.25, 0.3) is 0 Å². The lowest BCUT2D eigenvalue weighted by Crippen LogP contribution is -2.07. The van der Waals surface area contributed by atoms with Gasteiger partial charge in [0.2, 0.25) is 0 Å². The van der Waals surface area contributed by atoms with Crippen LogP contribution in [0.4, 0.5) is 0 Å². The van der Waals surface area contributed by atoms with Gasteiger partial charge in [-0.15, -0.1) is 0 Å². The number of hydrogen-bond donors (Lipinski definition) is 0. The van der Waals surface area contributed by atoms with Crippen molar-refractivity contribution in [3.8, 4) is 0 Å². The number of ether oxygens (including phenoxy) is 1. The molecule has 2 bridgehead atoms. The molecule has 0 aromatic heterocycles. The Morgan fingerprint density at radius 2 is 2.12 bits per heavy atom. The highest BCUT2D eigenvalue weighted by molar-refractivity contribution is 5.29. The zero-order valence-corrected chi connectivity index (χ0v) is 10.4. The number of hydrogen-bond acceptors (Lipinski definition) is 1. The van der Waals surface area contributed by atoms with Crippen molar-refractivity contribution in [3.63, 3.8) is 0 Å². The SMILES string of the molecule is COC1=C/C2=CC(CCC2)CCC(C)\C=C\1. The van der Waals surface area contributed by atoms with E-state index in [0.717, 1.165) is 11.7 Å². The predicted molar refractivity (Wildman–Crippen MR) is 68.1 cm³/mol. The number of fused-ring (bicyclic) bond motifs is 1. The Bertz CT molecular complexity index is 322. The van der Waals surface area contributed by atoms with E-state index in [4.69, 9.17) is 4.74 Å². The molecule has 88 valence electrons. The molecule has 2 unspecified atom stereocenters. The van der Waals surface area contributed by atoms with Crippen molar-refractivity contribution in [3.05, 3.63) is 35.6 Å². The quantitative estimate of drug-likeness (QED) is 0.640. The molecular weight excluding hydrogens is 196 g/mol. The van der Waals surface area contributed by atoms with E-state index in [-0.39, 0.29) is 0 Å². The van der Waals surface area contributed by atoms with Gasteiger partial charge >= 0.3 is 0 Å². The first-order valence-corrected chi connectivity index (χ1v) is 6.42. The van der Waals surface area contributed by atoms with Crippen LogP contribution in [-0.2, 0) is 4.74 Å². The fourth-order valence-electron chi connectivity index (χ4n) is 2.58. The van der Waals surface area contributed by atoms with Gasteiger partial charge in [-0.1, -0.05) is 19.1 Å². The summed E-state index contributed by atoms with van der Waals surface area (Å²) in [5.41, 5.74) is 1.47. The summed E-state index contributed by atoms with van der Waals surface area (Å²) in [6, 6.07) is 0. The lowest BCUT2D eigenvalue weighted by molar-refractivity contribution is 0.305. The summed E-state index contributed by atoms with van der Waals surface area (Å²) in [6.07, 6.45) is 15.6. The van der Waals surface area contributed by atoms with Gasteiger partial charge in [-0.05, 0) is 61.7 Å². The number of rotatable bonds is 1. The van der Waals surface area contributed by atoms with Crippen molar-refractivity contribution in [2.75, 3.05) is 7.11 Å². The summed E-state index contributed by atoms with van der Waals surface area (Å²) in [5, 5.41) is 0. The monoisotopic (exact) mass is 218 g/mol. The van der Waals surface area contributed by atoms with Crippen molar-refractivity contribution in [1.82, 2.24) is 0 Å². The van der Waals surface area contributed by atoms with Crippen LogP contribution in [0.5, 0.6) is 0 Å². The highest BCUT2D eigenvalue weighted by atomic mass is 16.5. The second kappa shape index (κ2) is 5.38. The molecule has 0 aromatic rings. The summed E-state index contributed by atoms with van der Waals surface area (Å²) < 4.78 is 5.40. The third-order valence-corrected chi connectivity index (χ3v) is 3.64. The van der Waals surface area contributed by atoms with Gasteiger partial charge in [0, 0.05) is 0 Å². The predicted octanol–water partition coefficient (Wildman–Crippen LogP) is 4.23. The van der Waals surface area contributed by atoms with E-state index in [2.05, 4.69) is 31.2 Å². The van der Waals surface area contributed by atoms with E-state index in [1.165, 1.54) is 37.7 Å². The average molecular weight is 218 g/mol. The van der Waals surface area contributed by atoms with E-state index < -0.39 is 0 Å². The first-order valence-electron chi connectivity index (χ1n) is 6.42. The maximum Gasteiger partial charge on any atom is 0.118 e. The van der Waals surface area contributed by atoms with Gasteiger partial charge in [-0.3, -0.25) is 0 Å². The summed E-state index contributed by atoms with van der Waals surface area (Å²) in [5.74, 6) is 2.46. The average Bonchev–Trinajstić information content (AvgIpc) is 2.31. The molecule has 0 heterocycles. The van der Waals surface area contributed by atoms with Gasteiger partial charge < -0.3 is 4.74 Å². The smallest absolute Gasteiger partial charge is 0.118 e. The van der Waals surface area contributed by atoms with Crippen LogP contribution in [0.1, 0.15) is 39.0 Å². The van der Waals surface area contributed by atoms with Crippen molar-refractivity contribution in [1.29, 1.82) is 0 Å². The van der Waals surface area contributed by atoms with Crippen LogP contribution >= 0.6 is 0 Å². The van der Waals surface area contributed by atoms with Gasteiger partial charge in [-0.2, -0.15) is 0 Å². The normalized spacial score (nSPS) is 35.6. The molecule has 0 saturated carbocycles. The van der Waals surface area contributed by atoms with Gasteiger partial charge in [0.1, 0.15) is 5.76 Å². The van der Waals surface area contributed by atoms with E-state index in [0.29, 0.717) is 5.92 Å². The number of allylic oxidation sites excluding steroid dienone is 5. The lowest BCUT2D eigenvalue weighted by Gasteiger charge is -2.22. The van der Waals surface area contributed by atoms with E-state index >= 15 is 0 Å². The molecule has 2 rings (SSSR count). The maximum atomic E-state index is 5.40. The second-order valence-electron chi connectivity index (χ2n) is 5.06. The molecule has 2 aliphatic carbocycles. The molecule has 0 amide bonds. The molecular formula is C15H22O. The van der Waals surface area contributed by atoms with Crippen LogP contribution < -0.4 is 0 Å². The standard InChI is InChI=1S/C15H22O/c1-12-6-8-13-4-3-5-14(10-13)11-15(16-2)9-7-12/h7,9-13H,3-6,8H2,1-2H3/b9-7+,15-11+. The summed E-state index contributed by atoms with van der Waals surface area (Å²) >= 11 is 0. The molecule has 0 radical (unpaired) electrons. The summed E-state index contributed by atoms with van der Waals surface area (Å²) in [6.45, 7) is 2.29. The molecule has 1 heteroatoms. The van der Waals surface area contributed by atoms with Gasteiger partial charge in [0.05, 0.1) is 7.11 Å².